The lowest BCUT2D eigenvalue weighted by Crippen LogP contribution is -2.09. The molecule has 0 unspecified atom stereocenters. The van der Waals surface area contributed by atoms with Gasteiger partial charge in [-0.2, -0.15) is 0 Å². The monoisotopic (exact) mass is 294 g/mol. The van der Waals surface area contributed by atoms with Crippen LogP contribution in [0.15, 0.2) is 53.1 Å². The number of nitrogens with zero attached hydrogens (tertiary/aromatic N) is 3. The molecule has 0 radical (unpaired) electrons. The van der Waals surface area contributed by atoms with Crippen LogP contribution in [-0.2, 0) is 5.41 Å². The Bertz CT molecular complexity index is 742. The summed E-state index contributed by atoms with van der Waals surface area (Å²) >= 11 is 0. The summed E-state index contributed by atoms with van der Waals surface area (Å²) < 4.78 is 5.33. The summed E-state index contributed by atoms with van der Waals surface area (Å²) in [6.07, 6.45) is 0. The standard InChI is InChI=1S/C17H18N4O/c1-17(2,3)14-11-16(21-22-14)18-15-10-9-13(19-20-15)12-7-5-4-6-8-12/h4-11H,1-3H3,(H,18,20,21). The third-order valence-corrected chi connectivity index (χ3v) is 3.24. The fourth-order valence-corrected chi connectivity index (χ4v) is 1.98. The van der Waals surface area contributed by atoms with E-state index in [2.05, 4.69) is 41.4 Å². The van der Waals surface area contributed by atoms with Gasteiger partial charge >= 0.3 is 0 Å². The molecule has 1 N–H and O–H groups in total. The Kier molecular flexibility index (Phi) is 3.63. The van der Waals surface area contributed by atoms with Crippen molar-refractivity contribution < 1.29 is 4.52 Å². The number of anilines is 2. The van der Waals surface area contributed by atoms with Crippen LogP contribution >= 0.6 is 0 Å². The molecule has 0 aliphatic rings. The van der Waals surface area contributed by atoms with E-state index in [0.717, 1.165) is 17.0 Å². The fraction of sp³-hybridized carbons (Fsp3) is 0.235. The molecule has 0 saturated carbocycles. The quantitative estimate of drug-likeness (QED) is 0.785. The summed E-state index contributed by atoms with van der Waals surface area (Å²) in [6.45, 7) is 6.23. The summed E-state index contributed by atoms with van der Waals surface area (Å²) in [7, 11) is 0. The van der Waals surface area contributed by atoms with Crippen molar-refractivity contribution in [3.05, 3.63) is 54.3 Å². The Morgan fingerprint density at radius 2 is 1.68 bits per heavy atom. The van der Waals surface area contributed by atoms with Gasteiger partial charge < -0.3 is 9.84 Å². The van der Waals surface area contributed by atoms with Gasteiger partial charge in [0, 0.05) is 17.0 Å². The van der Waals surface area contributed by atoms with Gasteiger partial charge in [0.1, 0.15) is 5.76 Å². The maximum Gasteiger partial charge on any atom is 0.175 e. The van der Waals surface area contributed by atoms with Crippen LogP contribution in [0.1, 0.15) is 26.5 Å². The van der Waals surface area contributed by atoms with E-state index in [9.17, 15) is 0 Å². The lowest BCUT2D eigenvalue weighted by Gasteiger charge is -2.12. The van der Waals surface area contributed by atoms with E-state index in [-0.39, 0.29) is 5.41 Å². The number of nitrogens with one attached hydrogen (secondary N) is 1. The van der Waals surface area contributed by atoms with Crippen molar-refractivity contribution >= 4 is 11.6 Å². The minimum absolute atomic E-state index is 0.0736. The van der Waals surface area contributed by atoms with E-state index in [1.54, 1.807) is 0 Å². The molecule has 0 aliphatic carbocycles. The Labute approximate surface area is 129 Å². The zero-order valence-electron chi connectivity index (χ0n) is 12.9. The second kappa shape index (κ2) is 5.60. The first-order valence-electron chi connectivity index (χ1n) is 7.16. The largest absolute Gasteiger partial charge is 0.359 e. The molecule has 0 fully saturated rings. The first-order chi connectivity index (χ1) is 10.5. The Balaban J connectivity index is 1.75. The topological polar surface area (TPSA) is 63.8 Å². The van der Waals surface area contributed by atoms with Crippen LogP contribution in [0.3, 0.4) is 0 Å². The van der Waals surface area contributed by atoms with Gasteiger partial charge in [0.2, 0.25) is 0 Å². The van der Waals surface area contributed by atoms with Crippen molar-refractivity contribution in [3.63, 3.8) is 0 Å². The van der Waals surface area contributed by atoms with E-state index in [1.165, 1.54) is 0 Å². The summed E-state index contributed by atoms with van der Waals surface area (Å²) in [5, 5.41) is 15.5. The van der Waals surface area contributed by atoms with Gasteiger partial charge in [0.25, 0.3) is 0 Å². The van der Waals surface area contributed by atoms with E-state index in [4.69, 9.17) is 4.52 Å². The van der Waals surface area contributed by atoms with Gasteiger partial charge in [-0.3, -0.25) is 0 Å². The number of hydrogen-bond donors (Lipinski definition) is 1. The lowest BCUT2D eigenvalue weighted by atomic mass is 9.93. The van der Waals surface area contributed by atoms with Gasteiger partial charge in [-0.15, -0.1) is 10.2 Å². The summed E-state index contributed by atoms with van der Waals surface area (Å²) in [5.41, 5.74) is 1.80. The maximum atomic E-state index is 5.33. The lowest BCUT2D eigenvalue weighted by molar-refractivity contribution is 0.331. The molecule has 0 saturated heterocycles. The molecule has 0 aliphatic heterocycles. The summed E-state index contributed by atoms with van der Waals surface area (Å²) in [6, 6.07) is 15.6. The van der Waals surface area contributed by atoms with Crippen LogP contribution in [0.5, 0.6) is 0 Å². The third-order valence-electron chi connectivity index (χ3n) is 3.24. The Morgan fingerprint density at radius 3 is 2.27 bits per heavy atom. The average Bonchev–Trinajstić information content (AvgIpc) is 2.98. The van der Waals surface area contributed by atoms with Crippen LogP contribution < -0.4 is 5.32 Å². The smallest absolute Gasteiger partial charge is 0.175 e. The minimum Gasteiger partial charge on any atom is -0.359 e. The number of aromatic nitrogens is 3. The first kappa shape index (κ1) is 14.3. The van der Waals surface area contributed by atoms with Crippen molar-refractivity contribution in [1.82, 2.24) is 15.4 Å². The molecule has 5 nitrogen and oxygen atoms in total. The van der Waals surface area contributed by atoms with Gasteiger partial charge in [0.15, 0.2) is 11.6 Å². The molecule has 112 valence electrons. The highest BCUT2D eigenvalue weighted by molar-refractivity contribution is 5.60. The maximum absolute atomic E-state index is 5.33. The number of hydrogen-bond acceptors (Lipinski definition) is 5. The van der Waals surface area contributed by atoms with E-state index >= 15 is 0 Å². The zero-order chi connectivity index (χ0) is 15.6. The van der Waals surface area contributed by atoms with Crippen LogP contribution in [0.25, 0.3) is 11.3 Å². The van der Waals surface area contributed by atoms with Gasteiger partial charge in [-0.25, -0.2) is 0 Å². The molecule has 3 aromatic rings. The summed E-state index contributed by atoms with van der Waals surface area (Å²) in [5.74, 6) is 2.09. The molecule has 0 bridgehead atoms. The molecule has 0 amide bonds. The molecule has 2 aromatic heterocycles. The van der Waals surface area contributed by atoms with Gasteiger partial charge in [-0.05, 0) is 12.1 Å². The first-order valence-corrected chi connectivity index (χ1v) is 7.16. The van der Waals surface area contributed by atoms with Gasteiger partial charge in [0.05, 0.1) is 5.69 Å². The predicted octanol–water partition coefficient (Wildman–Crippen LogP) is 4.17. The fourth-order valence-electron chi connectivity index (χ4n) is 1.98. The second-order valence-electron chi connectivity index (χ2n) is 6.12. The molecule has 5 heteroatoms. The van der Waals surface area contributed by atoms with Crippen LogP contribution in [-0.4, -0.2) is 15.4 Å². The molecular formula is C17H18N4O. The molecule has 22 heavy (non-hydrogen) atoms. The molecule has 3 rings (SSSR count). The predicted molar refractivity (Wildman–Crippen MR) is 86.0 cm³/mol. The van der Waals surface area contributed by atoms with Crippen molar-refractivity contribution in [2.45, 2.75) is 26.2 Å². The molecule has 1 aromatic carbocycles. The van der Waals surface area contributed by atoms with Gasteiger partial charge in [-0.1, -0.05) is 56.3 Å². The molecule has 2 heterocycles. The minimum atomic E-state index is -0.0736. The van der Waals surface area contributed by atoms with E-state index < -0.39 is 0 Å². The zero-order valence-corrected chi connectivity index (χ0v) is 12.9. The SMILES string of the molecule is CC(C)(C)c1cc(Nc2ccc(-c3ccccc3)nn2)no1. The highest BCUT2D eigenvalue weighted by Gasteiger charge is 2.19. The molecule has 0 spiro atoms. The van der Waals surface area contributed by atoms with Crippen LogP contribution in [0.4, 0.5) is 11.6 Å². The second-order valence-corrected chi connectivity index (χ2v) is 6.12. The number of rotatable bonds is 3. The van der Waals surface area contributed by atoms with E-state index in [1.807, 2.05) is 48.5 Å². The highest BCUT2D eigenvalue weighted by atomic mass is 16.5. The Hall–Kier alpha value is -2.69. The summed E-state index contributed by atoms with van der Waals surface area (Å²) in [4.78, 5) is 0. The highest BCUT2D eigenvalue weighted by Crippen LogP contribution is 2.25. The number of benzene rings is 1. The molecular weight excluding hydrogens is 276 g/mol. The third kappa shape index (κ3) is 3.14. The Morgan fingerprint density at radius 1 is 0.909 bits per heavy atom. The van der Waals surface area contributed by atoms with E-state index in [0.29, 0.717) is 11.6 Å². The van der Waals surface area contributed by atoms with Crippen molar-refractivity contribution in [1.29, 1.82) is 0 Å². The van der Waals surface area contributed by atoms with Crippen molar-refractivity contribution in [2.75, 3.05) is 5.32 Å². The van der Waals surface area contributed by atoms with Crippen molar-refractivity contribution in [3.8, 4) is 11.3 Å². The average molecular weight is 294 g/mol. The van der Waals surface area contributed by atoms with Crippen molar-refractivity contribution in [2.24, 2.45) is 0 Å². The normalized spacial score (nSPS) is 11.4. The van der Waals surface area contributed by atoms with Crippen LogP contribution in [0, 0.1) is 0 Å². The molecule has 0 atom stereocenters. The van der Waals surface area contributed by atoms with Crippen LogP contribution in [0.2, 0.25) is 0 Å².